The van der Waals surface area contributed by atoms with Gasteiger partial charge in [0.05, 0.1) is 18.2 Å². The molecule has 1 aromatic carbocycles. The van der Waals surface area contributed by atoms with Gasteiger partial charge in [-0.05, 0) is 87.5 Å². The van der Waals surface area contributed by atoms with E-state index in [2.05, 4.69) is 53.0 Å². The molecule has 2 heterocycles. The zero-order valence-corrected chi connectivity index (χ0v) is 20.8. The third-order valence-electron chi connectivity index (χ3n) is 6.55. The highest BCUT2D eigenvalue weighted by Crippen LogP contribution is 2.20. The van der Waals surface area contributed by atoms with Gasteiger partial charge < -0.3 is 24.8 Å². The summed E-state index contributed by atoms with van der Waals surface area (Å²) in [6.45, 7) is 14.5. The standard InChI is InChI=1S/C25H38N4O2S/c1-5-28(6-2)13-8-12-26-25(32)29(17-22-9-7-14-31-22)16-21-15-20-11-10-18(3)19(4)23(20)27-24(21)30/h10-11,15,22H,5-9,12-14,16-17H2,1-4H3,(H,26,32)(H,27,30)/t22-/m0/s1. The number of benzene rings is 1. The molecular formula is C25H38N4O2S. The van der Waals surface area contributed by atoms with Crippen LogP contribution in [0.2, 0.25) is 0 Å². The molecule has 2 aromatic rings. The number of fused-ring (bicyclic) bond motifs is 1. The number of thiocarbonyl (C=S) groups is 1. The average Bonchev–Trinajstić information content (AvgIpc) is 3.30. The third-order valence-corrected chi connectivity index (χ3v) is 6.95. The molecule has 1 atom stereocenters. The molecule has 7 heteroatoms. The van der Waals surface area contributed by atoms with Crippen molar-refractivity contribution in [3.05, 3.63) is 45.2 Å². The first kappa shape index (κ1) is 24.7. The molecule has 1 aromatic heterocycles. The highest BCUT2D eigenvalue weighted by molar-refractivity contribution is 7.80. The largest absolute Gasteiger partial charge is 0.376 e. The molecule has 1 saturated heterocycles. The maximum absolute atomic E-state index is 12.9. The van der Waals surface area contributed by atoms with Crippen molar-refractivity contribution in [1.29, 1.82) is 0 Å². The molecule has 0 saturated carbocycles. The SMILES string of the molecule is CCN(CC)CCCNC(=S)N(Cc1cc2ccc(C)c(C)c2[nH]c1=O)C[C@@H]1CCCO1. The second-order valence-electron chi connectivity index (χ2n) is 8.72. The van der Waals surface area contributed by atoms with E-state index in [9.17, 15) is 4.79 Å². The lowest BCUT2D eigenvalue weighted by molar-refractivity contribution is 0.0896. The van der Waals surface area contributed by atoms with Gasteiger partial charge in [0.2, 0.25) is 0 Å². The molecule has 0 amide bonds. The lowest BCUT2D eigenvalue weighted by Crippen LogP contribution is -2.44. The van der Waals surface area contributed by atoms with Crippen molar-refractivity contribution in [2.24, 2.45) is 0 Å². The minimum atomic E-state index is -0.0483. The van der Waals surface area contributed by atoms with E-state index in [4.69, 9.17) is 17.0 Å². The fraction of sp³-hybridized carbons (Fsp3) is 0.600. The van der Waals surface area contributed by atoms with Gasteiger partial charge in [0.25, 0.3) is 5.56 Å². The first-order valence-corrected chi connectivity index (χ1v) is 12.3. The van der Waals surface area contributed by atoms with Crippen LogP contribution >= 0.6 is 12.2 Å². The van der Waals surface area contributed by atoms with E-state index in [0.29, 0.717) is 18.2 Å². The van der Waals surface area contributed by atoms with Gasteiger partial charge in [-0.2, -0.15) is 0 Å². The number of H-pyrrole nitrogens is 1. The smallest absolute Gasteiger partial charge is 0.253 e. The average molecular weight is 459 g/mol. The molecule has 6 nitrogen and oxygen atoms in total. The van der Waals surface area contributed by atoms with Crippen LogP contribution in [0.5, 0.6) is 0 Å². The van der Waals surface area contributed by atoms with Gasteiger partial charge in [-0.3, -0.25) is 4.79 Å². The Kier molecular flexibility index (Phi) is 9.08. The first-order chi connectivity index (χ1) is 15.4. The molecular weight excluding hydrogens is 420 g/mol. The maximum Gasteiger partial charge on any atom is 0.253 e. The van der Waals surface area contributed by atoms with Crippen LogP contribution in [0.1, 0.15) is 49.8 Å². The van der Waals surface area contributed by atoms with Gasteiger partial charge >= 0.3 is 0 Å². The molecule has 1 aliphatic rings. The summed E-state index contributed by atoms with van der Waals surface area (Å²) in [6, 6.07) is 6.18. The van der Waals surface area contributed by atoms with Crippen molar-refractivity contribution in [1.82, 2.24) is 20.1 Å². The summed E-state index contributed by atoms with van der Waals surface area (Å²) in [5, 5.41) is 5.16. The lowest BCUT2D eigenvalue weighted by atomic mass is 10.0. The van der Waals surface area contributed by atoms with Crippen LogP contribution in [-0.2, 0) is 11.3 Å². The van der Waals surface area contributed by atoms with Crippen molar-refractivity contribution in [3.8, 4) is 0 Å². The lowest BCUT2D eigenvalue weighted by Gasteiger charge is -2.28. The Morgan fingerprint density at radius 3 is 2.75 bits per heavy atom. The van der Waals surface area contributed by atoms with E-state index >= 15 is 0 Å². The Morgan fingerprint density at radius 1 is 1.28 bits per heavy atom. The molecule has 32 heavy (non-hydrogen) atoms. The maximum atomic E-state index is 12.9. The van der Waals surface area contributed by atoms with Gasteiger partial charge in [-0.15, -0.1) is 0 Å². The van der Waals surface area contributed by atoms with Crippen LogP contribution in [-0.4, -0.2) is 65.3 Å². The zero-order chi connectivity index (χ0) is 23.1. The Balaban J connectivity index is 1.72. The van der Waals surface area contributed by atoms with Gasteiger partial charge in [0, 0.05) is 25.3 Å². The topological polar surface area (TPSA) is 60.6 Å². The second-order valence-corrected chi connectivity index (χ2v) is 9.11. The van der Waals surface area contributed by atoms with Gasteiger partial charge in [0.15, 0.2) is 5.11 Å². The number of hydrogen-bond acceptors (Lipinski definition) is 4. The van der Waals surface area contributed by atoms with Crippen molar-refractivity contribution in [2.45, 2.75) is 59.6 Å². The fourth-order valence-electron chi connectivity index (χ4n) is 4.30. The van der Waals surface area contributed by atoms with Crippen molar-refractivity contribution >= 4 is 28.2 Å². The molecule has 0 aliphatic carbocycles. The number of nitrogens with one attached hydrogen (secondary N) is 2. The van der Waals surface area contributed by atoms with Gasteiger partial charge in [0.1, 0.15) is 0 Å². The van der Waals surface area contributed by atoms with Crippen LogP contribution < -0.4 is 10.9 Å². The molecule has 2 N–H and O–H groups in total. The number of hydrogen-bond donors (Lipinski definition) is 2. The summed E-state index contributed by atoms with van der Waals surface area (Å²) in [6.07, 6.45) is 3.31. The molecule has 0 unspecified atom stereocenters. The first-order valence-electron chi connectivity index (χ1n) is 11.9. The van der Waals surface area contributed by atoms with Crippen LogP contribution in [0.3, 0.4) is 0 Å². The molecule has 1 fully saturated rings. The third kappa shape index (κ3) is 6.30. The summed E-state index contributed by atoms with van der Waals surface area (Å²) in [4.78, 5) is 20.5. The minimum Gasteiger partial charge on any atom is -0.376 e. The summed E-state index contributed by atoms with van der Waals surface area (Å²) < 4.78 is 5.87. The number of ether oxygens (including phenoxy) is 1. The van der Waals surface area contributed by atoms with E-state index < -0.39 is 0 Å². The minimum absolute atomic E-state index is 0.0483. The van der Waals surface area contributed by atoms with Gasteiger partial charge in [-0.25, -0.2) is 0 Å². The Bertz CT molecular complexity index is 964. The molecule has 176 valence electrons. The Morgan fingerprint density at radius 2 is 2.06 bits per heavy atom. The normalized spacial score (nSPS) is 16.1. The molecule has 0 radical (unpaired) electrons. The predicted molar refractivity (Wildman–Crippen MR) is 136 cm³/mol. The van der Waals surface area contributed by atoms with E-state index in [1.807, 2.05) is 13.0 Å². The van der Waals surface area contributed by atoms with E-state index in [1.165, 1.54) is 5.56 Å². The van der Waals surface area contributed by atoms with E-state index in [1.54, 1.807) is 0 Å². The molecule has 1 aliphatic heterocycles. The number of rotatable bonds is 10. The molecule has 0 bridgehead atoms. The van der Waals surface area contributed by atoms with Crippen LogP contribution in [0.4, 0.5) is 0 Å². The van der Waals surface area contributed by atoms with Crippen molar-refractivity contribution in [2.75, 3.05) is 39.3 Å². The fourth-order valence-corrected chi connectivity index (χ4v) is 4.54. The highest BCUT2D eigenvalue weighted by Gasteiger charge is 2.22. The van der Waals surface area contributed by atoms with E-state index in [-0.39, 0.29) is 11.7 Å². The number of pyridine rings is 1. The Hall–Kier alpha value is -1.96. The van der Waals surface area contributed by atoms with Crippen molar-refractivity contribution in [3.63, 3.8) is 0 Å². The predicted octanol–water partition coefficient (Wildman–Crippen LogP) is 3.73. The summed E-state index contributed by atoms with van der Waals surface area (Å²) in [5.74, 6) is 0. The quantitative estimate of drug-likeness (QED) is 0.418. The number of aromatic amines is 1. The monoisotopic (exact) mass is 458 g/mol. The number of aromatic nitrogens is 1. The number of aryl methyl sites for hydroxylation is 2. The molecule has 0 spiro atoms. The summed E-state index contributed by atoms with van der Waals surface area (Å²) in [7, 11) is 0. The van der Waals surface area contributed by atoms with Crippen LogP contribution in [0.15, 0.2) is 23.0 Å². The zero-order valence-electron chi connectivity index (χ0n) is 20.0. The van der Waals surface area contributed by atoms with Crippen LogP contribution in [0, 0.1) is 13.8 Å². The van der Waals surface area contributed by atoms with Crippen LogP contribution in [0.25, 0.3) is 10.9 Å². The Labute approximate surface area is 197 Å². The van der Waals surface area contributed by atoms with E-state index in [0.717, 1.165) is 74.1 Å². The molecule has 3 rings (SSSR count). The van der Waals surface area contributed by atoms with Gasteiger partial charge in [-0.1, -0.05) is 26.0 Å². The summed E-state index contributed by atoms with van der Waals surface area (Å²) in [5.41, 5.74) is 3.89. The summed E-state index contributed by atoms with van der Waals surface area (Å²) >= 11 is 5.76. The highest BCUT2D eigenvalue weighted by atomic mass is 32.1. The van der Waals surface area contributed by atoms with Crippen molar-refractivity contribution < 1.29 is 4.74 Å². The number of nitrogens with zero attached hydrogens (tertiary/aromatic N) is 2. The second kappa shape index (κ2) is 11.8.